The Hall–Kier alpha value is -2.80. The molecule has 0 bridgehead atoms. The lowest BCUT2D eigenvalue weighted by Crippen LogP contribution is -2.31. The quantitative estimate of drug-likeness (QED) is 0.486. The van der Waals surface area contributed by atoms with Crippen molar-refractivity contribution in [3.63, 3.8) is 0 Å². The fourth-order valence-corrected chi connectivity index (χ4v) is 4.69. The second-order valence-electron chi connectivity index (χ2n) is 7.65. The summed E-state index contributed by atoms with van der Waals surface area (Å²) in [6.07, 6.45) is 6.26. The number of thioether (sulfide) groups is 1. The van der Waals surface area contributed by atoms with Crippen LogP contribution in [0.25, 0.3) is 11.0 Å². The summed E-state index contributed by atoms with van der Waals surface area (Å²) in [5.41, 5.74) is 2.19. The molecule has 2 aromatic carbocycles. The van der Waals surface area contributed by atoms with Crippen molar-refractivity contribution in [3.05, 3.63) is 54.1 Å². The minimum absolute atomic E-state index is 0.0121. The maximum atomic E-state index is 12.8. The van der Waals surface area contributed by atoms with Gasteiger partial charge in [-0.15, -0.1) is 11.8 Å². The van der Waals surface area contributed by atoms with Crippen LogP contribution in [-0.4, -0.2) is 34.1 Å². The van der Waals surface area contributed by atoms with Crippen LogP contribution in [-0.2, 0) is 4.79 Å². The fourth-order valence-electron chi connectivity index (χ4n) is 3.81. The zero-order valence-electron chi connectivity index (χ0n) is 16.8. The molecule has 1 fully saturated rings. The summed E-state index contributed by atoms with van der Waals surface area (Å²) in [7, 11) is 0. The minimum Gasteiger partial charge on any atom is -0.355 e. The van der Waals surface area contributed by atoms with Crippen LogP contribution in [0.5, 0.6) is 0 Å². The molecule has 1 aliphatic rings. The zero-order chi connectivity index (χ0) is 20.8. The van der Waals surface area contributed by atoms with Crippen molar-refractivity contribution in [1.29, 1.82) is 0 Å². The summed E-state index contributed by atoms with van der Waals surface area (Å²) in [6, 6.07) is 14.9. The molecule has 156 valence electrons. The van der Waals surface area contributed by atoms with Gasteiger partial charge in [0, 0.05) is 11.4 Å². The van der Waals surface area contributed by atoms with Crippen molar-refractivity contribution in [3.8, 4) is 0 Å². The molecule has 30 heavy (non-hydrogen) atoms. The van der Waals surface area contributed by atoms with Crippen molar-refractivity contribution in [2.45, 2.75) is 37.0 Å². The molecule has 0 aliphatic heterocycles. The van der Waals surface area contributed by atoms with E-state index in [0.29, 0.717) is 23.2 Å². The fraction of sp³-hybridized carbons (Fsp3) is 0.348. The molecule has 6 nitrogen and oxygen atoms in total. The number of carbonyl (C=O) groups is 2. The highest BCUT2D eigenvalue weighted by Crippen LogP contribution is 2.25. The molecule has 1 aliphatic carbocycles. The van der Waals surface area contributed by atoms with Crippen molar-refractivity contribution in [1.82, 2.24) is 15.3 Å². The number of hydrogen-bond donors (Lipinski definition) is 3. The smallest absolute Gasteiger partial charge is 0.259 e. The third-order valence-electron chi connectivity index (χ3n) is 5.42. The van der Waals surface area contributed by atoms with Crippen molar-refractivity contribution in [2.75, 3.05) is 17.6 Å². The van der Waals surface area contributed by atoms with E-state index in [9.17, 15) is 9.59 Å². The minimum atomic E-state index is -0.250. The number of para-hydroxylation sites is 2. The SMILES string of the molecule is O=C(CSc1ccccc1C(=O)Nc1nc2ccccc2[nH]1)NCC1CCCCC1. The monoisotopic (exact) mass is 422 g/mol. The van der Waals surface area contributed by atoms with E-state index >= 15 is 0 Å². The zero-order valence-corrected chi connectivity index (χ0v) is 17.6. The Balaban J connectivity index is 1.34. The number of nitrogens with one attached hydrogen (secondary N) is 3. The topological polar surface area (TPSA) is 86.9 Å². The lowest BCUT2D eigenvalue weighted by atomic mass is 9.89. The van der Waals surface area contributed by atoms with Gasteiger partial charge in [0.2, 0.25) is 11.9 Å². The van der Waals surface area contributed by atoms with Gasteiger partial charge in [0.25, 0.3) is 5.91 Å². The highest BCUT2D eigenvalue weighted by molar-refractivity contribution is 8.00. The number of nitrogens with zero attached hydrogens (tertiary/aromatic N) is 1. The van der Waals surface area contributed by atoms with Crippen molar-refractivity contribution < 1.29 is 9.59 Å². The predicted octanol–water partition coefficient (Wildman–Crippen LogP) is 4.60. The van der Waals surface area contributed by atoms with Crippen LogP contribution in [0.15, 0.2) is 53.4 Å². The van der Waals surface area contributed by atoms with Crippen molar-refractivity contribution in [2.24, 2.45) is 5.92 Å². The van der Waals surface area contributed by atoms with Crippen LogP contribution in [0.1, 0.15) is 42.5 Å². The van der Waals surface area contributed by atoms with Crippen LogP contribution in [0, 0.1) is 5.92 Å². The molecule has 3 aromatic rings. The number of H-pyrrole nitrogens is 1. The molecule has 4 rings (SSSR count). The Morgan fingerprint density at radius 3 is 2.63 bits per heavy atom. The van der Waals surface area contributed by atoms with Gasteiger partial charge in [-0.2, -0.15) is 0 Å². The largest absolute Gasteiger partial charge is 0.355 e. The number of amides is 2. The van der Waals surface area contributed by atoms with Gasteiger partial charge in [0.05, 0.1) is 22.3 Å². The molecule has 1 saturated carbocycles. The molecule has 7 heteroatoms. The van der Waals surface area contributed by atoms with Gasteiger partial charge < -0.3 is 10.3 Å². The number of fused-ring (bicyclic) bond motifs is 1. The van der Waals surface area contributed by atoms with Crippen LogP contribution in [0.2, 0.25) is 0 Å². The second-order valence-corrected chi connectivity index (χ2v) is 8.67. The Morgan fingerprint density at radius 2 is 1.80 bits per heavy atom. The molecule has 0 spiro atoms. The third-order valence-corrected chi connectivity index (χ3v) is 6.50. The summed E-state index contributed by atoms with van der Waals surface area (Å²) >= 11 is 1.38. The van der Waals surface area contributed by atoms with Gasteiger partial charge in [-0.05, 0) is 43.0 Å². The van der Waals surface area contributed by atoms with E-state index in [1.54, 1.807) is 6.07 Å². The van der Waals surface area contributed by atoms with E-state index in [-0.39, 0.29) is 11.8 Å². The average molecular weight is 423 g/mol. The first kappa shape index (κ1) is 20.5. The molecule has 0 radical (unpaired) electrons. The van der Waals surface area contributed by atoms with Crippen LogP contribution >= 0.6 is 11.8 Å². The molecular formula is C23H26N4O2S. The van der Waals surface area contributed by atoms with Gasteiger partial charge in [0.15, 0.2) is 0 Å². The second kappa shape index (κ2) is 9.80. The number of hydrogen-bond acceptors (Lipinski definition) is 4. The molecule has 0 atom stereocenters. The highest BCUT2D eigenvalue weighted by Gasteiger charge is 2.16. The Bertz CT molecular complexity index is 994. The summed E-state index contributed by atoms with van der Waals surface area (Å²) in [4.78, 5) is 33.4. The Kier molecular flexibility index (Phi) is 6.69. The van der Waals surface area contributed by atoms with Crippen LogP contribution in [0.4, 0.5) is 5.95 Å². The van der Waals surface area contributed by atoms with Crippen LogP contribution < -0.4 is 10.6 Å². The summed E-state index contributed by atoms with van der Waals surface area (Å²) in [5.74, 6) is 1.07. The lowest BCUT2D eigenvalue weighted by molar-refractivity contribution is -0.118. The number of aromatic nitrogens is 2. The Labute approximate surface area is 180 Å². The maximum absolute atomic E-state index is 12.8. The number of carbonyl (C=O) groups excluding carboxylic acids is 2. The number of anilines is 1. The molecule has 0 saturated heterocycles. The summed E-state index contributed by atoms with van der Waals surface area (Å²) in [5, 5.41) is 5.88. The molecular weight excluding hydrogens is 396 g/mol. The predicted molar refractivity (Wildman–Crippen MR) is 121 cm³/mol. The van der Waals surface area contributed by atoms with E-state index in [0.717, 1.165) is 22.5 Å². The number of rotatable bonds is 7. The number of imidazole rings is 1. The van der Waals surface area contributed by atoms with Crippen molar-refractivity contribution >= 4 is 40.6 Å². The van der Waals surface area contributed by atoms with Gasteiger partial charge >= 0.3 is 0 Å². The van der Waals surface area contributed by atoms with Gasteiger partial charge in [-0.3, -0.25) is 14.9 Å². The number of benzene rings is 2. The van der Waals surface area contributed by atoms with E-state index in [4.69, 9.17) is 0 Å². The molecule has 0 unspecified atom stereocenters. The normalized spacial score (nSPS) is 14.5. The van der Waals surface area contributed by atoms with Crippen LogP contribution in [0.3, 0.4) is 0 Å². The Morgan fingerprint density at radius 1 is 1.03 bits per heavy atom. The first-order chi connectivity index (χ1) is 14.7. The lowest BCUT2D eigenvalue weighted by Gasteiger charge is -2.21. The van der Waals surface area contributed by atoms with E-state index in [1.165, 1.54) is 43.9 Å². The first-order valence-corrected chi connectivity index (χ1v) is 11.4. The van der Waals surface area contributed by atoms with E-state index in [1.807, 2.05) is 42.5 Å². The molecule has 3 N–H and O–H groups in total. The first-order valence-electron chi connectivity index (χ1n) is 10.4. The molecule has 1 aromatic heterocycles. The number of aromatic amines is 1. The summed E-state index contributed by atoms with van der Waals surface area (Å²) < 4.78 is 0. The third kappa shape index (κ3) is 5.21. The average Bonchev–Trinajstić information content (AvgIpc) is 3.19. The molecule has 1 heterocycles. The summed E-state index contributed by atoms with van der Waals surface area (Å²) in [6.45, 7) is 0.758. The van der Waals surface area contributed by atoms with Gasteiger partial charge in [-0.1, -0.05) is 43.5 Å². The van der Waals surface area contributed by atoms with Gasteiger partial charge in [0.1, 0.15) is 0 Å². The maximum Gasteiger partial charge on any atom is 0.259 e. The standard InChI is InChI=1S/C23H26N4O2S/c28-21(24-14-16-8-2-1-3-9-16)15-30-20-13-7-4-10-17(20)22(29)27-23-25-18-11-5-6-12-19(18)26-23/h4-7,10-13,16H,1-3,8-9,14-15H2,(H,24,28)(H2,25,26,27,29). The van der Waals surface area contributed by atoms with Gasteiger partial charge in [-0.25, -0.2) is 4.98 Å². The molecule has 2 amide bonds. The highest BCUT2D eigenvalue weighted by atomic mass is 32.2. The van der Waals surface area contributed by atoms with E-state index in [2.05, 4.69) is 20.6 Å². The van der Waals surface area contributed by atoms with E-state index < -0.39 is 0 Å².